The van der Waals surface area contributed by atoms with Gasteiger partial charge in [0.1, 0.15) is 43.2 Å². The van der Waals surface area contributed by atoms with Gasteiger partial charge in [-0.25, -0.2) is 16.8 Å². The molecule has 0 bridgehead atoms. The Morgan fingerprint density at radius 1 is 0.451 bits per heavy atom. The molecular weight excluding hydrogens is 713 g/mol. The molecule has 11 heteroatoms. The number of benzene rings is 4. The molecule has 0 heterocycles. The van der Waals surface area contributed by atoms with Crippen LogP contribution >= 0.6 is 0 Å². The van der Waals surface area contributed by atoms with Crippen LogP contribution in [0.4, 0.5) is 0 Å². The fraction of sp³-hybridized carbons (Fsp3) is 0.400. The normalized spacial score (nSPS) is 11.2. The van der Waals surface area contributed by atoms with Crippen molar-refractivity contribution in [2.75, 3.05) is 0 Å². The Kier molecular flexibility index (Phi) is 21.0. The van der Waals surface area contributed by atoms with Crippen molar-refractivity contribution in [2.45, 2.75) is 114 Å². The standard InChI is InChI=1S/2C20H26O4S.Ca/c2*1-2-3-4-5-6-7-9-17-12-14-18(15-13-17)24-19-10-8-11-20(16-19)25(21,22)23;/h2*8,10-16H,2-7,9H2,1H3,(H,21,22,23);/q;;+2/p-2. The molecule has 0 spiro atoms. The SMILES string of the molecule is CCCCCCCCc1ccc(Oc2cccc(S(=O)(=O)[O-])c2)cc1.CCCCCCCCc1ccc(Oc2cccc(S(=O)(=O)[O-])c2)cc1.[Ca+2]. The van der Waals surface area contributed by atoms with E-state index in [1.165, 1.54) is 125 Å². The van der Waals surface area contributed by atoms with Gasteiger partial charge < -0.3 is 18.6 Å². The molecule has 51 heavy (non-hydrogen) atoms. The molecule has 0 fully saturated rings. The van der Waals surface area contributed by atoms with Crippen LogP contribution in [-0.2, 0) is 33.1 Å². The number of rotatable bonds is 20. The molecule has 8 nitrogen and oxygen atoms in total. The molecule has 272 valence electrons. The molecule has 0 saturated carbocycles. The summed E-state index contributed by atoms with van der Waals surface area (Å²) in [5.41, 5.74) is 2.53. The third-order valence-corrected chi connectivity index (χ3v) is 9.81. The van der Waals surface area contributed by atoms with Gasteiger partial charge in [-0.2, -0.15) is 0 Å². The van der Waals surface area contributed by atoms with Gasteiger partial charge in [-0.1, -0.05) is 114 Å². The zero-order chi connectivity index (χ0) is 36.2. The number of aryl methyl sites for hydroxylation is 2. The Morgan fingerprint density at radius 2 is 0.784 bits per heavy atom. The van der Waals surface area contributed by atoms with Crippen molar-refractivity contribution in [3.05, 3.63) is 108 Å². The average molecular weight is 763 g/mol. The van der Waals surface area contributed by atoms with Crippen LogP contribution in [0, 0.1) is 0 Å². The summed E-state index contributed by atoms with van der Waals surface area (Å²) in [5, 5.41) is 0. The summed E-state index contributed by atoms with van der Waals surface area (Å²) in [7, 11) is -8.95. The molecule has 0 aliphatic heterocycles. The van der Waals surface area contributed by atoms with Crippen LogP contribution in [0.15, 0.2) is 107 Å². The Hall–Kier alpha value is -2.44. The van der Waals surface area contributed by atoms with E-state index in [9.17, 15) is 25.9 Å². The first-order valence-corrected chi connectivity index (χ1v) is 20.4. The van der Waals surface area contributed by atoms with E-state index in [1.807, 2.05) is 48.5 Å². The van der Waals surface area contributed by atoms with Crippen LogP contribution in [0.1, 0.15) is 102 Å². The molecule has 4 aromatic rings. The van der Waals surface area contributed by atoms with E-state index in [4.69, 9.17) is 9.47 Å². The second-order valence-electron chi connectivity index (χ2n) is 12.4. The van der Waals surface area contributed by atoms with Crippen LogP contribution < -0.4 is 9.47 Å². The maximum Gasteiger partial charge on any atom is 2.00 e. The van der Waals surface area contributed by atoms with E-state index in [-0.39, 0.29) is 47.5 Å². The summed E-state index contributed by atoms with van der Waals surface area (Å²) in [4.78, 5) is -0.575. The maximum absolute atomic E-state index is 11.1. The van der Waals surface area contributed by atoms with Crippen molar-refractivity contribution < 1.29 is 35.4 Å². The van der Waals surface area contributed by atoms with Crippen molar-refractivity contribution in [2.24, 2.45) is 0 Å². The quantitative estimate of drug-likeness (QED) is 0.0494. The minimum Gasteiger partial charge on any atom is -0.744 e. The molecular formula is C40H50CaO8S2. The van der Waals surface area contributed by atoms with E-state index < -0.39 is 20.2 Å². The van der Waals surface area contributed by atoms with Crippen LogP contribution in [0.3, 0.4) is 0 Å². The Bertz CT molecular complexity index is 1640. The smallest absolute Gasteiger partial charge is 0.744 e. The van der Waals surface area contributed by atoms with Gasteiger partial charge >= 0.3 is 37.7 Å². The number of unbranched alkanes of at least 4 members (excludes halogenated alkanes) is 10. The van der Waals surface area contributed by atoms with Crippen LogP contribution in [0.5, 0.6) is 23.0 Å². The summed E-state index contributed by atoms with van der Waals surface area (Å²) in [5.74, 6) is 1.90. The van der Waals surface area contributed by atoms with Gasteiger partial charge in [-0.05, 0) is 97.5 Å². The van der Waals surface area contributed by atoms with Crippen molar-refractivity contribution >= 4 is 58.0 Å². The molecule has 4 aromatic carbocycles. The molecule has 0 radical (unpaired) electrons. The van der Waals surface area contributed by atoms with Gasteiger partial charge in [0.15, 0.2) is 0 Å². The van der Waals surface area contributed by atoms with Crippen molar-refractivity contribution in [3.63, 3.8) is 0 Å². The predicted octanol–water partition coefficient (Wildman–Crippen LogP) is 10.2. The third-order valence-electron chi connectivity index (χ3n) is 8.14. The van der Waals surface area contributed by atoms with E-state index in [2.05, 4.69) is 13.8 Å². The largest absolute Gasteiger partial charge is 2.00 e. The monoisotopic (exact) mass is 762 g/mol. The predicted molar refractivity (Wildman–Crippen MR) is 202 cm³/mol. The van der Waals surface area contributed by atoms with E-state index in [1.54, 1.807) is 12.1 Å². The summed E-state index contributed by atoms with van der Waals surface area (Å²) in [6.07, 6.45) is 17.4. The number of ether oxygens (including phenoxy) is 2. The summed E-state index contributed by atoms with van der Waals surface area (Å²) in [6.45, 7) is 4.44. The van der Waals surface area contributed by atoms with E-state index in [0.29, 0.717) is 23.0 Å². The van der Waals surface area contributed by atoms with Crippen LogP contribution in [0.25, 0.3) is 0 Å². The van der Waals surface area contributed by atoms with Gasteiger partial charge in [0.25, 0.3) is 0 Å². The van der Waals surface area contributed by atoms with Gasteiger partial charge in [0, 0.05) is 0 Å². The van der Waals surface area contributed by atoms with Crippen molar-refractivity contribution in [1.29, 1.82) is 0 Å². The van der Waals surface area contributed by atoms with Crippen LogP contribution in [-0.4, -0.2) is 63.7 Å². The molecule has 0 aromatic heterocycles. The third kappa shape index (κ3) is 18.2. The molecule has 0 aliphatic carbocycles. The Labute approximate surface area is 335 Å². The molecule has 0 atom stereocenters. The Morgan fingerprint density at radius 3 is 1.12 bits per heavy atom. The topological polar surface area (TPSA) is 133 Å². The second kappa shape index (κ2) is 24.0. The van der Waals surface area contributed by atoms with Gasteiger partial charge in [0.05, 0.1) is 9.79 Å². The average Bonchev–Trinajstić information content (AvgIpc) is 3.09. The van der Waals surface area contributed by atoms with Gasteiger partial charge in [-0.3, -0.25) is 0 Å². The summed E-state index contributed by atoms with van der Waals surface area (Å²) >= 11 is 0. The zero-order valence-corrected chi connectivity index (χ0v) is 33.8. The summed E-state index contributed by atoms with van der Waals surface area (Å²) in [6, 6.07) is 26.8. The molecule has 4 rings (SSSR count). The molecule has 0 unspecified atom stereocenters. The molecule has 0 aliphatic rings. The minimum absolute atomic E-state index is 0. The van der Waals surface area contributed by atoms with Gasteiger partial charge in [0.2, 0.25) is 0 Å². The fourth-order valence-electron chi connectivity index (χ4n) is 5.33. The first-order chi connectivity index (χ1) is 24.0. The molecule has 0 saturated heterocycles. The van der Waals surface area contributed by atoms with Crippen molar-refractivity contribution in [1.82, 2.24) is 0 Å². The fourth-order valence-corrected chi connectivity index (χ4v) is 6.34. The Balaban J connectivity index is 0.000000347. The van der Waals surface area contributed by atoms with E-state index >= 15 is 0 Å². The molecule has 0 amide bonds. The zero-order valence-electron chi connectivity index (χ0n) is 29.9. The molecule has 0 N–H and O–H groups in total. The maximum atomic E-state index is 11.1. The first-order valence-electron chi connectivity index (χ1n) is 17.6. The second-order valence-corrected chi connectivity index (χ2v) is 15.1. The van der Waals surface area contributed by atoms with Crippen molar-refractivity contribution in [3.8, 4) is 23.0 Å². The minimum atomic E-state index is -4.47. The summed E-state index contributed by atoms with van der Waals surface area (Å²) < 4.78 is 77.6. The van der Waals surface area contributed by atoms with Crippen LogP contribution in [0.2, 0.25) is 0 Å². The van der Waals surface area contributed by atoms with Gasteiger partial charge in [-0.15, -0.1) is 0 Å². The van der Waals surface area contributed by atoms with E-state index in [0.717, 1.165) is 12.8 Å². The first kappa shape index (κ1) is 44.7. The number of hydrogen-bond acceptors (Lipinski definition) is 8. The number of hydrogen-bond donors (Lipinski definition) is 0.